The maximum Gasteiger partial charge on any atom is 0.272 e. The van der Waals surface area contributed by atoms with Crippen LogP contribution < -0.4 is 10.6 Å². The van der Waals surface area contributed by atoms with Crippen LogP contribution in [0.25, 0.3) is 0 Å². The van der Waals surface area contributed by atoms with E-state index >= 15 is 0 Å². The number of carbonyl (C=O) groups is 3. The van der Waals surface area contributed by atoms with Gasteiger partial charge in [-0.25, -0.2) is 0 Å². The molecule has 2 aromatic heterocycles. The van der Waals surface area contributed by atoms with Crippen molar-refractivity contribution in [2.24, 2.45) is 11.8 Å². The highest BCUT2D eigenvalue weighted by Crippen LogP contribution is 2.34. The van der Waals surface area contributed by atoms with Gasteiger partial charge in [0.1, 0.15) is 5.69 Å². The third-order valence-electron chi connectivity index (χ3n) is 5.74. The van der Waals surface area contributed by atoms with Gasteiger partial charge in [0.15, 0.2) is 0 Å². The van der Waals surface area contributed by atoms with Crippen molar-refractivity contribution in [2.75, 3.05) is 13.1 Å². The molecule has 0 bridgehead atoms. The van der Waals surface area contributed by atoms with Crippen LogP contribution in [-0.4, -0.2) is 51.5 Å². The summed E-state index contributed by atoms with van der Waals surface area (Å²) >= 11 is 1.61. The average Bonchev–Trinajstić information content (AvgIpc) is 3.45. The normalized spacial score (nSPS) is 24.0. The van der Waals surface area contributed by atoms with Crippen LogP contribution in [0, 0.1) is 11.8 Å². The molecular weight excluding hydrogens is 390 g/mol. The molecule has 1 saturated carbocycles. The third-order valence-corrected chi connectivity index (χ3v) is 6.62. The summed E-state index contributed by atoms with van der Waals surface area (Å²) in [6.07, 6.45) is 2.88. The predicted molar refractivity (Wildman–Crippen MR) is 108 cm³/mol. The van der Waals surface area contributed by atoms with Gasteiger partial charge in [0, 0.05) is 36.1 Å². The van der Waals surface area contributed by atoms with E-state index < -0.39 is 0 Å². The van der Waals surface area contributed by atoms with Gasteiger partial charge in [-0.1, -0.05) is 6.07 Å². The number of aromatic nitrogens is 2. The number of hydrogen-bond donors (Lipinski definition) is 2. The minimum Gasteiger partial charge on any atom is -0.351 e. The standard InChI is InChI=1S/C20H25N5O3S/c1-2-25-17(5-6-22-25)20(28)24-11-14-8-13(9-16(14)23-18(26)12-24)19(27)21-10-15-4-3-7-29-15/h3-7,13-14,16H,2,8-12H2,1H3,(H,21,27)(H,23,26). The maximum absolute atomic E-state index is 13.0. The van der Waals surface area contributed by atoms with Crippen molar-refractivity contribution in [1.82, 2.24) is 25.3 Å². The molecule has 3 heterocycles. The van der Waals surface area contributed by atoms with Gasteiger partial charge in [0.2, 0.25) is 11.8 Å². The lowest BCUT2D eigenvalue weighted by Crippen LogP contribution is -2.40. The summed E-state index contributed by atoms with van der Waals surface area (Å²) in [5, 5.41) is 12.2. The summed E-state index contributed by atoms with van der Waals surface area (Å²) in [5.74, 6) is -0.427. The van der Waals surface area contributed by atoms with Gasteiger partial charge in [-0.15, -0.1) is 11.3 Å². The molecule has 1 aliphatic carbocycles. The van der Waals surface area contributed by atoms with Crippen molar-refractivity contribution in [3.63, 3.8) is 0 Å². The Morgan fingerprint density at radius 2 is 2.21 bits per heavy atom. The molecule has 2 aliphatic rings. The lowest BCUT2D eigenvalue weighted by molar-refractivity contribution is -0.125. The van der Waals surface area contributed by atoms with Crippen LogP contribution in [0.15, 0.2) is 29.8 Å². The molecule has 9 heteroatoms. The number of nitrogens with zero attached hydrogens (tertiary/aromatic N) is 3. The van der Waals surface area contributed by atoms with Gasteiger partial charge in [0.25, 0.3) is 5.91 Å². The first kappa shape index (κ1) is 19.6. The highest BCUT2D eigenvalue weighted by Gasteiger charge is 2.42. The van der Waals surface area contributed by atoms with Crippen molar-refractivity contribution < 1.29 is 14.4 Å². The summed E-state index contributed by atoms with van der Waals surface area (Å²) in [6, 6.07) is 5.57. The van der Waals surface area contributed by atoms with E-state index in [1.54, 1.807) is 33.2 Å². The zero-order valence-electron chi connectivity index (χ0n) is 16.3. The molecule has 8 nitrogen and oxygen atoms in total. The second kappa shape index (κ2) is 8.36. The number of aryl methyl sites for hydroxylation is 1. The van der Waals surface area contributed by atoms with Crippen LogP contribution in [-0.2, 0) is 22.7 Å². The van der Waals surface area contributed by atoms with E-state index in [2.05, 4.69) is 15.7 Å². The Morgan fingerprint density at radius 1 is 1.34 bits per heavy atom. The molecule has 154 valence electrons. The fraction of sp³-hybridized carbons (Fsp3) is 0.500. The Balaban J connectivity index is 1.41. The number of amides is 3. The zero-order chi connectivity index (χ0) is 20.4. The molecule has 2 fully saturated rings. The van der Waals surface area contributed by atoms with Crippen molar-refractivity contribution in [2.45, 2.75) is 38.9 Å². The minimum absolute atomic E-state index is 0.0164. The fourth-order valence-corrected chi connectivity index (χ4v) is 4.95. The second-order valence-electron chi connectivity index (χ2n) is 7.62. The summed E-state index contributed by atoms with van der Waals surface area (Å²) in [4.78, 5) is 40.7. The van der Waals surface area contributed by atoms with Crippen molar-refractivity contribution >= 4 is 29.1 Å². The zero-order valence-corrected chi connectivity index (χ0v) is 17.2. The van der Waals surface area contributed by atoms with Gasteiger partial charge < -0.3 is 15.5 Å². The molecule has 2 N–H and O–H groups in total. The van der Waals surface area contributed by atoms with E-state index in [0.717, 1.165) is 4.88 Å². The van der Waals surface area contributed by atoms with Gasteiger partial charge >= 0.3 is 0 Å². The molecule has 3 unspecified atom stereocenters. The average molecular weight is 416 g/mol. The van der Waals surface area contributed by atoms with E-state index in [1.807, 2.05) is 24.4 Å². The molecule has 3 atom stereocenters. The second-order valence-corrected chi connectivity index (χ2v) is 8.65. The summed E-state index contributed by atoms with van der Waals surface area (Å²) in [6.45, 7) is 3.54. The van der Waals surface area contributed by atoms with E-state index in [1.165, 1.54) is 0 Å². The topological polar surface area (TPSA) is 96.3 Å². The molecule has 0 aromatic carbocycles. The lowest BCUT2D eigenvalue weighted by Gasteiger charge is -2.23. The Morgan fingerprint density at radius 3 is 2.97 bits per heavy atom. The first-order valence-corrected chi connectivity index (χ1v) is 10.8. The Labute approximate surface area is 173 Å². The Kier molecular flexibility index (Phi) is 5.66. The number of rotatable bonds is 5. The van der Waals surface area contributed by atoms with E-state index in [9.17, 15) is 14.4 Å². The molecular formula is C20H25N5O3S. The maximum atomic E-state index is 13.0. The molecule has 2 aromatic rings. The fourth-order valence-electron chi connectivity index (χ4n) is 4.31. The number of nitrogens with one attached hydrogen (secondary N) is 2. The first-order valence-electron chi connectivity index (χ1n) is 9.95. The van der Waals surface area contributed by atoms with Crippen LogP contribution in [0.1, 0.15) is 35.1 Å². The summed E-state index contributed by atoms with van der Waals surface area (Å²) < 4.78 is 1.64. The molecule has 0 spiro atoms. The number of hydrogen-bond acceptors (Lipinski definition) is 5. The third kappa shape index (κ3) is 4.19. The summed E-state index contributed by atoms with van der Waals surface area (Å²) in [5.41, 5.74) is 0.488. The largest absolute Gasteiger partial charge is 0.351 e. The predicted octanol–water partition coefficient (Wildman–Crippen LogP) is 1.25. The van der Waals surface area contributed by atoms with Crippen LogP contribution in [0.3, 0.4) is 0 Å². The Hall–Kier alpha value is -2.68. The number of thiophene rings is 1. The van der Waals surface area contributed by atoms with E-state index in [4.69, 9.17) is 0 Å². The number of carbonyl (C=O) groups excluding carboxylic acids is 3. The minimum atomic E-state index is -0.189. The SMILES string of the molecule is CCn1nccc1C(=O)N1CC(=O)NC2CC(C(=O)NCc3cccs3)CC2C1. The van der Waals surface area contributed by atoms with Crippen LogP contribution in [0.5, 0.6) is 0 Å². The lowest BCUT2D eigenvalue weighted by atomic mass is 10.0. The van der Waals surface area contributed by atoms with Gasteiger partial charge in [-0.3, -0.25) is 19.1 Å². The van der Waals surface area contributed by atoms with E-state index in [0.29, 0.717) is 38.2 Å². The van der Waals surface area contributed by atoms with Crippen molar-refractivity contribution in [1.29, 1.82) is 0 Å². The van der Waals surface area contributed by atoms with Crippen molar-refractivity contribution in [3.8, 4) is 0 Å². The Bertz CT molecular complexity index is 894. The van der Waals surface area contributed by atoms with Crippen LogP contribution in [0.4, 0.5) is 0 Å². The highest BCUT2D eigenvalue weighted by atomic mass is 32.1. The van der Waals surface area contributed by atoms with Crippen LogP contribution >= 0.6 is 11.3 Å². The van der Waals surface area contributed by atoms with Gasteiger partial charge in [-0.05, 0) is 43.2 Å². The molecule has 29 heavy (non-hydrogen) atoms. The quantitative estimate of drug-likeness (QED) is 0.768. The van der Waals surface area contributed by atoms with Crippen molar-refractivity contribution in [3.05, 3.63) is 40.3 Å². The summed E-state index contributed by atoms with van der Waals surface area (Å²) in [7, 11) is 0. The number of fused-ring (bicyclic) bond motifs is 1. The van der Waals surface area contributed by atoms with Gasteiger partial charge in [-0.2, -0.15) is 5.10 Å². The molecule has 3 amide bonds. The van der Waals surface area contributed by atoms with Crippen LogP contribution in [0.2, 0.25) is 0 Å². The monoisotopic (exact) mass is 415 g/mol. The van der Waals surface area contributed by atoms with Gasteiger partial charge in [0.05, 0.1) is 13.1 Å². The molecule has 1 saturated heterocycles. The first-order chi connectivity index (χ1) is 14.0. The highest BCUT2D eigenvalue weighted by molar-refractivity contribution is 7.09. The smallest absolute Gasteiger partial charge is 0.272 e. The molecule has 0 radical (unpaired) electrons. The van der Waals surface area contributed by atoms with E-state index in [-0.39, 0.29) is 42.1 Å². The molecule has 1 aliphatic heterocycles. The molecule has 4 rings (SSSR count).